The number of hydrogen-bond acceptors (Lipinski definition) is 10. The number of carbonyl (C=O) groups excluding carboxylic acids is 1. The first-order valence-electron chi connectivity index (χ1n) is 12.0. The number of ether oxygens (including phenoxy) is 2. The van der Waals surface area contributed by atoms with Gasteiger partial charge in [-0.1, -0.05) is 23.3 Å². The lowest BCUT2D eigenvalue weighted by Gasteiger charge is -2.27. The highest BCUT2D eigenvalue weighted by molar-refractivity contribution is 7.36. The van der Waals surface area contributed by atoms with Crippen LogP contribution in [0, 0.1) is 6.92 Å². The van der Waals surface area contributed by atoms with E-state index in [1.54, 1.807) is 6.92 Å². The van der Waals surface area contributed by atoms with Crippen LogP contribution >= 0.6 is 8.18 Å². The van der Waals surface area contributed by atoms with Crippen molar-refractivity contribution < 1.29 is 38.7 Å². The van der Waals surface area contributed by atoms with Crippen LogP contribution in [0.4, 0.5) is 0 Å². The second-order valence-electron chi connectivity index (χ2n) is 9.49. The maximum Gasteiger partial charge on any atom is 0.613 e. The maximum atomic E-state index is 12.4. The number of H-pyrrole nitrogens is 1. The molecule has 0 radical (unpaired) electrons. The molecule has 0 aliphatic carbocycles. The number of aromatic nitrogens is 2. The summed E-state index contributed by atoms with van der Waals surface area (Å²) in [7, 11) is -2.60. The molecule has 1 fully saturated rings. The van der Waals surface area contributed by atoms with E-state index in [0.717, 1.165) is 33.5 Å². The summed E-state index contributed by atoms with van der Waals surface area (Å²) in [6.45, 7) is 5.78. The van der Waals surface area contributed by atoms with Crippen molar-refractivity contribution in [3.63, 3.8) is 0 Å². The first-order chi connectivity index (χ1) is 17.8. The fourth-order valence-electron chi connectivity index (χ4n) is 4.08. The smallest absolute Gasteiger partial charge is 0.461 e. The molecule has 1 saturated heterocycles. The average molecular weight is 555 g/mol. The predicted molar refractivity (Wildman–Crippen MR) is 134 cm³/mol. The minimum Gasteiger partial charge on any atom is -0.461 e. The van der Waals surface area contributed by atoms with Gasteiger partial charge in [0.15, 0.2) is 6.23 Å². The standard InChI is InChI=1S/C24H32N3O10P/c1-13-5-6-16(10-17(13)11-28)9-14(2)36-21(31)15(3)26-38(34)35-12-18-20(30)24(4,33)22(37-18)27-8-7-19(29)25-23(27)32/h5-8,10,14-15,18,20,22,28,30,33H,9,11-12H2,1-4H3,(H-,25,26,29,32,34)/p+1. The number of nitrogens with one attached hydrogen (secondary N) is 2. The summed E-state index contributed by atoms with van der Waals surface area (Å²) < 4.78 is 29.5. The number of aryl methyl sites for hydroxylation is 1. The third-order valence-corrected chi connectivity index (χ3v) is 7.27. The second-order valence-corrected chi connectivity index (χ2v) is 10.5. The van der Waals surface area contributed by atoms with Gasteiger partial charge in [-0.25, -0.2) is 4.79 Å². The first kappa shape index (κ1) is 29.8. The molecule has 208 valence electrons. The summed E-state index contributed by atoms with van der Waals surface area (Å²) in [4.78, 5) is 37.9. The first-order valence-corrected chi connectivity index (χ1v) is 13.1. The van der Waals surface area contributed by atoms with Crippen LogP contribution in [0.25, 0.3) is 0 Å². The van der Waals surface area contributed by atoms with Crippen LogP contribution in [0.15, 0.2) is 40.1 Å². The van der Waals surface area contributed by atoms with E-state index in [9.17, 15) is 34.3 Å². The summed E-state index contributed by atoms with van der Waals surface area (Å²) in [6, 6.07) is 5.69. The second kappa shape index (κ2) is 12.4. The molecule has 0 spiro atoms. The zero-order valence-corrected chi connectivity index (χ0v) is 22.4. The van der Waals surface area contributed by atoms with Crippen molar-refractivity contribution in [1.29, 1.82) is 0 Å². The Balaban J connectivity index is 1.50. The number of carbonyl (C=O) groups is 1. The Morgan fingerprint density at radius 2 is 2.03 bits per heavy atom. The van der Waals surface area contributed by atoms with E-state index in [1.807, 2.05) is 30.1 Å². The summed E-state index contributed by atoms with van der Waals surface area (Å²) in [5, 5.41) is 33.1. The number of aliphatic hydroxyl groups excluding tert-OH is 2. The Kier molecular flexibility index (Phi) is 9.71. The van der Waals surface area contributed by atoms with Crippen LogP contribution in [0.1, 0.15) is 43.7 Å². The van der Waals surface area contributed by atoms with Crippen molar-refractivity contribution >= 4 is 14.1 Å². The van der Waals surface area contributed by atoms with Crippen LogP contribution in [0.3, 0.4) is 0 Å². The Morgan fingerprint density at radius 3 is 2.68 bits per heavy atom. The van der Waals surface area contributed by atoms with Crippen molar-refractivity contribution in [1.82, 2.24) is 14.6 Å². The van der Waals surface area contributed by atoms with Crippen molar-refractivity contribution in [2.45, 2.75) is 76.9 Å². The monoisotopic (exact) mass is 554 g/mol. The molecule has 14 heteroatoms. The quantitative estimate of drug-likeness (QED) is 0.188. The number of benzene rings is 1. The molecular formula is C24H33N3O10P+. The number of aromatic amines is 1. The Labute approximate surface area is 219 Å². The number of aliphatic hydroxyl groups is 3. The van der Waals surface area contributed by atoms with Gasteiger partial charge in [-0.2, -0.15) is 0 Å². The molecule has 7 unspecified atom stereocenters. The van der Waals surface area contributed by atoms with Gasteiger partial charge in [0.1, 0.15) is 36.6 Å². The normalized spacial score (nSPS) is 25.1. The molecule has 1 aromatic heterocycles. The molecule has 1 aliphatic rings. The molecule has 2 aromatic rings. The minimum absolute atomic E-state index is 0.0887. The van der Waals surface area contributed by atoms with E-state index in [4.69, 9.17) is 14.0 Å². The van der Waals surface area contributed by atoms with Gasteiger partial charge in [0, 0.05) is 18.7 Å². The van der Waals surface area contributed by atoms with Gasteiger partial charge in [0.25, 0.3) is 5.56 Å². The van der Waals surface area contributed by atoms with E-state index in [2.05, 4.69) is 5.09 Å². The summed E-state index contributed by atoms with van der Waals surface area (Å²) >= 11 is 0. The molecule has 1 aromatic carbocycles. The van der Waals surface area contributed by atoms with Crippen molar-refractivity contribution in [3.05, 3.63) is 68.0 Å². The summed E-state index contributed by atoms with van der Waals surface area (Å²) in [5.41, 5.74) is -0.772. The SMILES string of the molecule is Cc1ccc(CC(C)OC(=O)C(C)N[P+](=O)OCC2OC(n3ccc(=O)[nH]c3=O)C(C)(O)C2O)cc1CO. The van der Waals surface area contributed by atoms with Gasteiger partial charge in [0.2, 0.25) is 0 Å². The zero-order valence-electron chi connectivity index (χ0n) is 21.5. The lowest BCUT2D eigenvalue weighted by atomic mass is 9.96. The Hall–Kier alpha value is -2.77. The van der Waals surface area contributed by atoms with E-state index < -0.39 is 68.2 Å². The van der Waals surface area contributed by atoms with Crippen LogP contribution in [0.2, 0.25) is 0 Å². The third kappa shape index (κ3) is 7.00. The van der Waals surface area contributed by atoms with Crippen molar-refractivity contribution in [3.8, 4) is 0 Å². The lowest BCUT2D eigenvalue weighted by Crippen LogP contribution is -2.46. The van der Waals surface area contributed by atoms with Gasteiger partial charge in [-0.3, -0.25) is 19.1 Å². The summed E-state index contributed by atoms with van der Waals surface area (Å²) in [5.74, 6) is -0.656. The molecule has 5 N–H and O–H groups in total. The molecule has 13 nitrogen and oxygen atoms in total. The van der Waals surface area contributed by atoms with Crippen LogP contribution < -0.4 is 16.3 Å². The van der Waals surface area contributed by atoms with E-state index in [0.29, 0.717) is 6.42 Å². The highest BCUT2D eigenvalue weighted by Gasteiger charge is 2.54. The predicted octanol–water partition coefficient (Wildman–Crippen LogP) is 0.173. The minimum atomic E-state index is -2.60. The highest BCUT2D eigenvalue weighted by Crippen LogP contribution is 2.38. The van der Waals surface area contributed by atoms with Crippen molar-refractivity contribution in [2.75, 3.05) is 6.61 Å². The van der Waals surface area contributed by atoms with Gasteiger partial charge in [0.05, 0.1) is 6.61 Å². The fourth-order valence-corrected chi connectivity index (χ4v) is 4.85. The van der Waals surface area contributed by atoms with Gasteiger partial charge in [-0.05, 0) is 49.0 Å². The molecule has 0 saturated carbocycles. The largest absolute Gasteiger partial charge is 0.613 e. The van der Waals surface area contributed by atoms with Gasteiger partial charge in [-0.15, -0.1) is 4.52 Å². The number of hydrogen-bond donors (Lipinski definition) is 5. The molecule has 2 heterocycles. The fraction of sp³-hybridized carbons (Fsp3) is 0.542. The molecule has 7 atom stereocenters. The topological polar surface area (TPSA) is 189 Å². The lowest BCUT2D eigenvalue weighted by molar-refractivity contribution is -0.149. The Bertz CT molecular complexity index is 1280. The molecule has 0 amide bonds. The molecule has 38 heavy (non-hydrogen) atoms. The number of rotatable bonds is 11. The van der Waals surface area contributed by atoms with Crippen LogP contribution in [-0.4, -0.2) is 67.4 Å². The summed E-state index contributed by atoms with van der Waals surface area (Å²) in [6.07, 6.45) is -2.99. The molecule has 0 bridgehead atoms. The maximum absolute atomic E-state index is 12.4. The van der Waals surface area contributed by atoms with E-state index in [-0.39, 0.29) is 6.61 Å². The van der Waals surface area contributed by atoms with Crippen LogP contribution in [0.5, 0.6) is 0 Å². The molecule has 3 rings (SSSR count). The number of nitrogens with zero attached hydrogens (tertiary/aromatic N) is 1. The highest BCUT2D eigenvalue weighted by atomic mass is 31.1. The van der Waals surface area contributed by atoms with E-state index >= 15 is 0 Å². The van der Waals surface area contributed by atoms with Gasteiger partial charge < -0.3 is 24.8 Å². The van der Waals surface area contributed by atoms with Crippen molar-refractivity contribution in [2.24, 2.45) is 0 Å². The van der Waals surface area contributed by atoms with E-state index in [1.165, 1.54) is 13.8 Å². The number of esters is 1. The Morgan fingerprint density at radius 1 is 1.32 bits per heavy atom. The third-order valence-electron chi connectivity index (χ3n) is 6.29. The van der Waals surface area contributed by atoms with Gasteiger partial charge >= 0.3 is 19.8 Å². The molecule has 1 aliphatic heterocycles. The van der Waals surface area contributed by atoms with Crippen LogP contribution in [-0.2, 0) is 36.4 Å². The molecular weight excluding hydrogens is 521 g/mol. The zero-order chi connectivity index (χ0) is 28.2. The average Bonchev–Trinajstić information content (AvgIpc) is 3.07.